The third kappa shape index (κ3) is 8.00. The lowest BCUT2D eigenvalue weighted by atomic mass is 10.1. The number of unbranched alkanes of at least 4 members (excludes halogenated alkanes) is 5. The molecule has 0 aliphatic rings. The first kappa shape index (κ1) is 17.9. The lowest BCUT2D eigenvalue weighted by Crippen LogP contribution is -2.18. The lowest BCUT2D eigenvalue weighted by Gasteiger charge is -2.04. The van der Waals surface area contributed by atoms with Gasteiger partial charge in [0.05, 0.1) is 5.71 Å². The summed E-state index contributed by atoms with van der Waals surface area (Å²) in [6, 6.07) is 7.88. The minimum atomic E-state index is -0.000150. The zero-order chi connectivity index (χ0) is 15.5. The number of hydrazone groups is 1. The number of amides is 1. The molecule has 1 N–H and O–H groups in total. The highest BCUT2D eigenvalue weighted by molar-refractivity contribution is 9.10. The highest BCUT2D eigenvalue weighted by Gasteiger charge is 2.02. The van der Waals surface area contributed by atoms with Crippen molar-refractivity contribution < 1.29 is 4.79 Å². The van der Waals surface area contributed by atoms with E-state index in [-0.39, 0.29) is 5.91 Å². The second kappa shape index (κ2) is 10.6. The molecule has 1 amide bonds. The van der Waals surface area contributed by atoms with Crippen LogP contribution in [0.1, 0.15) is 64.4 Å². The number of nitrogens with zero attached hydrogens (tertiary/aromatic N) is 1. The summed E-state index contributed by atoms with van der Waals surface area (Å²) < 4.78 is 1.01. The highest BCUT2D eigenvalue weighted by Crippen LogP contribution is 2.12. The molecule has 0 aliphatic carbocycles. The van der Waals surface area contributed by atoms with Crippen LogP contribution in [0.2, 0.25) is 0 Å². The Bertz CT molecular complexity index is 472. The van der Waals surface area contributed by atoms with E-state index in [4.69, 9.17) is 0 Å². The van der Waals surface area contributed by atoms with Gasteiger partial charge in [-0.15, -0.1) is 0 Å². The topological polar surface area (TPSA) is 41.5 Å². The van der Waals surface area contributed by atoms with Gasteiger partial charge < -0.3 is 0 Å². The molecule has 0 fully saturated rings. The van der Waals surface area contributed by atoms with Gasteiger partial charge in [-0.25, -0.2) is 5.43 Å². The Labute approximate surface area is 136 Å². The first-order chi connectivity index (χ1) is 10.1. The molecule has 0 radical (unpaired) electrons. The van der Waals surface area contributed by atoms with Crippen LogP contribution < -0.4 is 5.43 Å². The zero-order valence-electron chi connectivity index (χ0n) is 13.0. The molecule has 0 unspecified atom stereocenters. The maximum atomic E-state index is 11.7. The van der Waals surface area contributed by atoms with E-state index in [0.717, 1.165) is 28.6 Å². The maximum absolute atomic E-state index is 11.7. The van der Waals surface area contributed by atoms with E-state index in [1.165, 1.54) is 25.7 Å². The summed E-state index contributed by atoms with van der Waals surface area (Å²) in [5, 5.41) is 4.16. The Morgan fingerprint density at radius 2 is 1.90 bits per heavy atom. The molecular formula is C17H25BrN2O. The molecule has 1 rings (SSSR count). The maximum Gasteiger partial charge on any atom is 0.240 e. The largest absolute Gasteiger partial charge is 0.273 e. The summed E-state index contributed by atoms with van der Waals surface area (Å²) in [6.45, 7) is 4.10. The van der Waals surface area contributed by atoms with Crippen molar-refractivity contribution in [2.24, 2.45) is 5.10 Å². The van der Waals surface area contributed by atoms with Crippen molar-refractivity contribution in [2.75, 3.05) is 0 Å². The average molecular weight is 353 g/mol. The van der Waals surface area contributed by atoms with Crippen molar-refractivity contribution in [3.63, 3.8) is 0 Å². The van der Waals surface area contributed by atoms with Crippen LogP contribution in [0.5, 0.6) is 0 Å². The van der Waals surface area contributed by atoms with Gasteiger partial charge >= 0.3 is 0 Å². The molecule has 0 atom stereocenters. The Kier molecular flexibility index (Phi) is 8.99. The van der Waals surface area contributed by atoms with Crippen LogP contribution in [-0.2, 0) is 4.79 Å². The van der Waals surface area contributed by atoms with Crippen molar-refractivity contribution >= 4 is 27.5 Å². The van der Waals surface area contributed by atoms with Crippen molar-refractivity contribution in [3.8, 4) is 0 Å². The van der Waals surface area contributed by atoms with Gasteiger partial charge in [0, 0.05) is 10.9 Å². The van der Waals surface area contributed by atoms with Crippen molar-refractivity contribution in [2.45, 2.75) is 58.8 Å². The van der Waals surface area contributed by atoms with Crippen LogP contribution >= 0.6 is 15.9 Å². The Balaban J connectivity index is 2.27. The van der Waals surface area contributed by atoms with Gasteiger partial charge in [0.15, 0.2) is 0 Å². The Morgan fingerprint density at radius 3 is 2.62 bits per heavy atom. The minimum Gasteiger partial charge on any atom is -0.273 e. The van der Waals surface area contributed by atoms with Crippen LogP contribution in [0.3, 0.4) is 0 Å². The van der Waals surface area contributed by atoms with Gasteiger partial charge in [0.1, 0.15) is 0 Å². The molecule has 0 aliphatic heterocycles. The van der Waals surface area contributed by atoms with E-state index in [2.05, 4.69) is 33.4 Å². The van der Waals surface area contributed by atoms with Gasteiger partial charge in [0.25, 0.3) is 0 Å². The van der Waals surface area contributed by atoms with E-state index < -0.39 is 0 Å². The molecule has 0 spiro atoms. The zero-order valence-corrected chi connectivity index (χ0v) is 14.6. The molecule has 0 heterocycles. The van der Waals surface area contributed by atoms with Crippen molar-refractivity contribution in [1.29, 1.82) is 0 Å². The summed E-state index contributed by atoms with van der Waals surface area (Å²) in [5.74, 6) is -0.000150. The van der Waals surface area contributed by atoms with Crippen LogP contribution in [0.25, 0.3) is 0 Å². The van der Waals surface area contributed by atoms with Gasteiger partial charge in [0.2, 0.25) is 5.91 Å². The number of hydrogen-bond acceptors (Lipinski definition) is 2. The van der Waals surface area contributed by atoms with E-state index >= 15 is 0 Å². The molecule has 3 nitrogen and oxygen atoms in total. The van der Waals surface area contributed by atoms with Crippen LogP contribution in [0.4, 0.5) is 0 Å². The quantitative estimate of drug-likeness (QED) is 0.377. The minimum absolute atomic E-state index is 0.000150. The molecule has 21 heavy (non-hydrogen) atoms. The fraction of sp³-hybridized carbons (Fsp3) is 0.529. The van der Waals surface area contributed by atoms with Gasteiger partial charge in [-0.05, 0) is 31.0 Å². The number of benzene rings is 1. The van der Waals surface area contributed by atoms with Crippen LogP contribution in [0.15, 0.2) is 33.8 Å². The van der Waals surface area contributed by atoms with Crippen molar-refractivity contribution in [3.05, 3.63) is 34.3 Å². The standard InChI is InChI=1S/C17H25BrN2O/c1-3-4-5-6-7-8-12-17(21)20-19-14(2)15-10-9-11-16(18)13-15/h9-11,13H,3-8,12H2,1-2H3,(H,20,21)/b19-14+. The SMILES string of the molecule is CCCCCCCCC(=O)N/N=C(\C)c1cccc(Br)c1. The monoisotopic (exact) mass is 352 g/mol. The van der Waals surface area contributed by atoms with Crippen molar-refractivity contribution in [1.82, 2.24) is 5.43 Å². The summed E-state index contributed by atoms with van der Waals surface area (Å²) in [6.07, 6.45) is 7.68. The van der Waals surface area contributed by atoms with Gasteiger partial charge in [-0.2, -0.15) is 5.10 Å². The predicted octanol–water partition coefficient (Wildman–Crippen LogP) is 5.04. The number of rotatable bonds is 9. The summed E-state index contributed by atoms with van der Waals surface area (Å²) in [4.78, 5) is 11.7. The molecule has 0 aromatic heterocycles. The summed E-state index contributed by atoms with van der Waals surface area (Å²) in [7, 11) is 0. The summed E-state index contributed by atoms with van der Waals surface area (Å²) >= 11 is 3.43. The molecule has 0 saturated heterocycles. The summed E-state index contributed by atoms with van der Waals surface area (Å²) in [5.41, 5.74) is 4.45. The molecular weight excluding hydrogens is 328 g/mol. The van der Waals surface area contributed by atoms with Gasteiger partial charge in [-0.1, -0.05) is 67.1 Å². The second-order valence-corrected chi connectivity index (χ2v) is 6.18. The Morgan fingerprint density at radius 1 is 1.19 bits per heavy atom. The van der Waals surface area contributed by atoms with E-state index in [0.29, 0.717) is 6.42 Å². The normalized spacial score (nSPS) is 11.5. The molecule has 1 aromatic carbocycles. The lowest BCUT2D eigenvalue weighted by molar-refractivity contribution is -0.121. The molecule has 116 valence electrons. The molecule has 4 heteroatoms. The third-order valence-corrected chi connectivity index (χ3v) is 3.84. The first-order valence-corrected chi connectivity index (χ1v) is 8.52. The third-order valence-electron chi connectivity index (χ3n) is 3.35. The van der Waals surface area contributed by atoms with E-state index in [1.54, 1.807) is 0 Å². The smallest absolute Gasteiger partial charge is 0.240 e. The average Bonchev–Trinajstić information content (AvgIpc) is 2.48. The number of hydrogen-bond donors (Lipinski definition) is 1. The molecule has 1 aromatic rings. The van der Waals surface area contributed by atoms with Crippen LogP contribution in [0, 0.1) is 0 Å². The number of carbonyl (C=O) groups excluding carboxylic acids is 1. The second-order valence-electron chi connectivity index (χ2n) is 5.26. The van der Waals surface area contributed by atoms with E-state index in [1.807, 2.05) is 31.2 Å². The Hall–Kier alpha value is -1.16. The fourth-order valence-electron chi connectivity index (χ4n) is 2.05. The molecule has 0 saturated carbocycles. The number of halogens is 1. The fourth-order valence-corrected chi connectivity index (χ4v) is 2.45. The molecule has 0 bridgehead atoms. The first-order valence-electron chi connectivity index (χ1n) is 7.72. The van der Waals surface area contributed by atoms with E-state index in [9.17, 15) is 4.79 Å². The predicted molar refractivity (Wildman–Crippen MR) is 92.5 cm³/mol. The highest BCUT2D eigenvalue weighted by atomic mass is 79.9. The number of carbonyl (C=O) groups is 1. The van der Waals surface area contributed by atoms with Gasteiger partial charge in [-0.3, -0.25) is 4.79 Å². The van der Waals surface area contributed by atoms with Crippen LogP contribution in [-0.4, -0.2) is 11.6 Å². The number of nitrogens with one attached hydrogen (secondary N) is 1.